The standard InChI is InChI=1S/C27H26N2O4/c1-2-32-27(31)26(30)25(20-9-4-3-5-10-20)29-21-14-16-23(17-15-21)33-18-22-13-12-19-8-6-7-11-24(19)28-22/h3-17,25-26,29-30H,2,18H2,1H3. The molecule has 0 aliphatic carbocycles. The Hall–Kier alpha value is -3.90. The summed E-state index contributed by atoms with van der Waals surface area (Å²) in [7, 11) is 0. The number of fused-ring (bicyclic) bond motifs is 1. The molecule has 0 fully saturated rings. The summed E-state index contributed by atoms with van der Waals surface area (Å²) >= 11 is 0. The summed E-state index contributed by atoms with van der Waals surface area (Å²) in [5, 5.41) is 14.9. The van der Waals surface area contributed by atoms with Crippen molar-refractivity contribution in [2.24, 2.45) is 0 Å². The maximum absolute atomic E-state index is 12.2. The molecule has 0 bridgehead atoms. The second-order valence-corrected chi connectivity index (χ2v) is 7.54. The fourth-order valence-electron chi connectivity index (χ4n) is 3.54. The SMILES string of the molecule is CCOC(=O)C(O)C(Nc1ccc(OCc2ccc3ccccc3n2)cc1)c1ccccc1. The number of rotatable bonds is 9. The maximum atomic E-state index is 12.2. The Morgan fingerprint density at radius 2 is 1.67 bits per heavy atom. The van der Waals surface area contributed by atoms with Gasteiger partial charge in [-0.05, 0) is 48.9 Å². The monoisotopic (exact) mass is 442 g/mol. The van der Waals surface area contributed by atoms with Crippen molar-refractivity contribution in [2.75, 3.05) is 11.9 Å². The number of carbonyl (C=O) groups is 1. The van der Waals surface area contributed by atoms with Crippen molar-refractivity contribution in [1.29, 1.82) is 0 Å². The lowest BCUT2D eigenvalue weighted by Gasteiger charge is -2.24. The Kier molecular flexibility index (Phi) is 7.17. The van der Waals surface area contributed by atoms with Gasteiger partial charge in [0.05, 0.1) is 23.9 Å². The Labute approximate surface area is 192 Å². The quantitative estimate of drug-likeness (QED) is 0.359. The maximum Gasteiger partial charge on any atom is 0.337 e. The number of hydrogen-bond donors (Lipinski definition) is 2. The number of aliphatic hydroxyl groups is 1. The fraction of sp³-hybridized carbons (Fsp3) is 0.185. The van der Waals surface area contributed by atoms with Crippen molar-refractivity contribution in [1.82, 2.24) is 4.98 Å². The van der Waals surface area contributed by atoms with E-state index in [-0.39, 0.29) is 6.61 Å². The van der Waals surface area contributed by atoms with Gasteiger partial charge in [-0.15, -0.1) is 0 Å². The molecule has 4 aromatic rings. The van der Waals surface area contributed by atoms with Crippen LogP contribution >= 0.6 is 0 Å². The van der Waals surface area contributed by atoms with Crippen LogP contribution in [0.25, 0.3) is 10.9 Å². The van der Waals surface area contributed by atoms with Gasteiger partial charge >= 0.3 is 5.97 Å². The highest BCUT2D eigenvalue weighted by Gasteiger charge is 2.28. The molecule has 1 heterocycles. The van der Waals surface area contributed by atoms with Crippen LogP contribution in [-0.4, -0.2) is 28.8 Å². The van der Waals surface area contributed by atoms with E-state index in [0.29, 0.717) is 12.4 Å². The van der Waals surface area contributed by atoms with Gasteiger partial charge in [-0.2, -0.15) is 0 Å². The first-order valence-electron chi connectivity index (χ1n) is 10.9. The van der Waals surface area contributed by atoms with Crippen molar-refractivity contribution in [3.05, 3.63) is 102 Å². The molecule has 0 saturated heterocycles. The third-order valence-electron chi connectivity index (χ3n) is 5.22. The summed E-state index contributed by atoms with van der Waals surface area (Å²) in [5.41, 5.74) is 3.30. The summed E-state index contributed by atoms with van der Waals surface area (Å²) < 4.78 is 10.9. The number of para-hydroxylation sites is 1. The molecular formula is C27H26N2O4. The minimum atomic E-state index is -1.35. The molecule has 6 nitrogen and oxygen atoms in total. The van der Waals surface area contributed by atoms with Crippen LogP contribution in [0.15, 0.2) is 91.0 Å². The second kappa shape index (κ2) is 10.6. The van der Waals surface area contributed by atoms with E-state index in [9.17, 15) is 9.90 Å². The number of nitrogens with one attached hydrogen (secondary N) is 1. The predicted octanol–water partition coefficient (Wildman–Crippen LogP) is 4.89. The van der Waals surface area contributed by atoms with Gasteiger partial charge in [0.2, 0.25) is 0 Å². The van der Waals surface area contributed by atoms with Crippen molar-refractivity contribution >= 4 is 22.6 Å². The Bertz CT molecular complexity index is 1200. The van der Waals surface area contributed by atoms with Crippen LogP contribution in [0, 0.1) is 0 Å². The number of pyridine rings is 1. The average Bonchev–Trinajstić information content (AvgIpc) is 2.87. The number of aromatic nitrogens is 1. The first-order valence-corrected chi connectivity index (χ1v) is 10.9. The van der Waals surface area contributed by atoms with Gasteiger partial charge in [0.25, 0.3) is 0 Å². The van der Waals surface area contributed by atoms with Gasteiger partial charge in [0.15, 0.2) is 6.10 Å². The predicted molar refractivity (Wildman–Crippen MR) is 128 cm³/mol. The molecule has 0 radical (unpaired) electrons. The first kappa shape index (κ1) is 22.3. The molecule has 33 heavy (non-hydrogen) atoms. The van der Waals surface area contributed by atoms with Crippen molar-refractivity contribution in [2.45, 2.75) is 25.7 Å². The number of aliphatic hydroxyl groups excluding tert-OH is 1. The van der Waals surface area contributed by atoms with Crippen molar-refractivity contribution < 1.29 is 19.4 Å². The molecule has 0 amide bonds. The number of esters is 1. The van der Waals surface area contributed by atoms with E-state index < -0.39 is 18.1 Å². The first-order chi connectivity index (χ1) is 16.1. The third kappa shape index (κ3) is 5.67. The topological polar surface area (TPSA) is 80.7 Å². The van der Waals surface area contributed by atoms with Crippen molar-refractivity contribution in [3.8, 4) is 5.75 Å². The van der Waals surface area contributed by atoms with Gasteiger partial charge in [-0.3, -0.25) is 0 Å². The van der Waals surface area contributed by atoms with Crippen LogP contribution in [0.2, 0.25) is 0 Å². The second-order valence-electron chi connectivity index (χ2n) is 7.54. The molecule has 0 aliphatic heterocycles. The molecule has 2 N–H and O–H groups in total. The number of nitrogens with zero attached hydrogens (tertiary/aromatic N) is 1. The number of hydrogen-bond acceptors (Lipinski definition) is 6. The average molecular weight is 443 g/mol. The van der Waals surface area contributed by atoms with Crippen LogP contribution in [-0.2, 0) is 16.1 Å². The highest BCUT2D eigenvalue weighted by Crippen LogP contribution is 2.25. The van der Waals surface area contributed by atoms with Crippen LogP contribution in [0.4, 0.5) is 5.69 Å². The lowest BCUT2D eigenvalue weighted by Crippen LogP contribution is -2.34. The lowest BCUT2D eigenvalue weighted by molar-refractivity contribution is -0.153. The summed E-state index contributed by atoms with van der Waals surface area (Å²) in [5.74, 6) is 0.0272. The largest absolute Gasteiger partial charge is 0.487 e. The Morgan fingerprint density at radius 3 is 2.42 bits per heavy atom. The van der Waals surface area contributed by atoms with Gasteiger partial charge in [0.1, 0.15) is 12.4 Å². The molecule has 2 atom stereocenters. The molecule has 3 aromatic carbocycles. The highest BCUT2D eigenvalue weighted by atomic mass is 16.5. The van der Waals surface area contributed by atoms with Crippen LogP contribution < -0.4 is 10.1 Å². The van der Waals surface area contributed by atoms with Crippen LogP contribution in [0.3, 0.4) is 0 Å². The minimum absolute atomic E-state index is 0.204. The molecule has 2 unspecified atom stereocenters. The zero-order chi connectivity index (χ0) is 23.0. The third-order valence-corrected chi connectivity index (χ3v) is 5.22. The van der Waals surface area contributed by atoms with E-state index in [4.69, 9.17) is 9.47 Å². The molecule has 6 heteroatoms. The summed E-state index contributed by atoms with van der Waals surface area (Å²) in [6.07, 6.45) is -1.35. The zero-order valence-electron chi connectivity index (χ0n) is 18.3. The van der Waals surface area contributed by atoms with E-state index in [2.05, 4.69) is 10.3 Å². The molecule has 1 aromatic heterocycles. The van der Waals surface area contributed by atoms with Crippen LogP contribution in [0.5, 0.6) is 5.75 Å². The van der Waals surface area contributed by atoms with E-state index in [1.807, 2.05) is 91.0 Å². The molecule has 0 aliphatic rings. The molecular weight excluding hydrogens is 416 g/mol. The number of benzene rings is 3. The minimum Gasteiger partial charge on any atom is -0.487 e. The van der Waals surface area contributed by atoms with Crippen molar-refractivity contribution in [3.63, 3.8) is 0 Å². The van der Waals surface area contributed by atoms with E-state index >= 15 is 0 Å². The fourth-order valence-corrected chi connectivity index (χ4v) is 3.54. The molecule has 168 valence electrons. The normalized spacial score (nSPS) is 12.7. The van der Waals surface area contributed by atoms with Gasteiger partial charge in [-0.1, -0.05) is 54.6 Å². The molecule has 4 rings (SSSR count). The smallest absolute Gasteiger partial charge is 0.337 e. The summed E-state index contributed by atoms with van der Waals surface area (Å²) in [6.45, 7) is 2.27. The number of carbonyl (C=O) groups excluding carboxylic acids is 1. The van der Waals surface area contributed by atoms with Crippen LogP contribution in [0.1, 0.15) is 24.2 Å². The Morgan fingerprint density at radius 1 is 0.939 bits per heavy atom. The van der Waals surface area contributed by atoms with Gasteiger partial charge < -0.3 is 19.9 Å². The zero-order valence-corrected chi connectivity index (χ0v) is 18.3. The Balaban J connectivity index is 1.43. The number of ether oxygens (including phenoxy) is 2. The van der Waals surface area contributed by atoms with Gasteiger partial charge in [-0.25, -0.2) is 9.78 Å². The highest BCUT2D eigenvalue weighted by molar-refractivity contribution is 5.78. The lowest BCUT2D eigenvalue weighted by atomic mass is 10.0. The molecule has 0 spiro atoms. The van der Waals surface area contributed by atoms with E-state index in [0.717, 1.165) is 27.8 Å². The number of anilines is 1. The van der Waals surface area contributed by atoms with E-state index in [1.54, 1.807) is 6.92 Å². The summed E-state index contributed by atoms with van der Waals surface area (Å²) in [4.78, 5) is 16.8. The van der Waals surface area contributed by atoms with E-state index in [1.165, 1.54) is 0 Å². The molecule has 0 saturated carbocycles. The van der Waals surface area contributed by atoms with Gasteiger partial charge in [0, 0.05) is 11.1 Å². The summed E-state index contributed by atoms with van der Waals surface area (Å²) in [6, 6.07) is 28.0.